The van der Waals surface area contributed by atoms with Crippen molar-refractivity contribution in [1.82, 2.24) is 5.32 Å². The Kier molecular flexibility index (Phi) is 13.2. The third kappa shape index (κ3) is 9.43. The van der Waals surface area contributed by atoms with Crippen LogP contribution in [0.1, 0.15) is 96.5 Å². The molecule has 3 atom stereocenters. The molecule has 6 N–H and O–H groups in total. The Bertz CT molecular complexity index is 1740. The van der Waals surface area contributed by atoms with Gasteiger partial charge in [0.1, 0.15) is 22.8 Å². The minimum absolute atomic E-state index is 0.135. The Morgan fingerprint density at radius 3 is 2.24 bits per heavy atom. The summed E-state index contributed by atoms with van der Waals surface area (Å²) < 4.78 is 22.2. The third-order valence-electron chi connectivity index (χ3n) is 8.76. The van der Waals surface area contributed by atoms with E-state index in [4.69, 9.17) is 18.9 Å². The van der Waals surface area contributed by atoms with E-state index in [1.54, 1.807) is 31.2 Å². The zero-order valence-electron chi connectivity index (χ0n) is 29.1. The number of rotatable bonds is 10. The van der Waals surface area contributed by atoms with Crippen LogP contribution in [0, 0.1) is 0 Å². The SMILES string of the molecule is COc1cc(C(CC(=O)NC[C@H](O)c2ccc(O)c(O)c2)c2c(O)cc3c(c2O)C(=O)O[C@@H](C)CCCC(=O)CCCC=C3)cc(OC)c1OC. The van der Waals surface area contributed by atoms with Gasteiger partial charge in [0.2, 0.25) is 11.7 Å². The van der Waals surface area contributed by atoms with Gasteiger partial charge in [0.25, 0.3) is 0 Å². The highest BCUT2D eigenvalue weighted by atomic mass is 16.5. The second-order valence-corrected chi connectivity index (χ2v) is 12.3. The van der Waals surface area contributed by atoms with Gasteiger partial charge >= 0.3 is 5.97 Å². The van der Waals surface area contributed by atoms with Gasteiger partial charge in [-0.1, -0.05) is 18.2 Å². The molecule has 0 saturated carbocycles. The van der Waals surface area contributed by atoms with E-state index >= 15 is 0 Å². The molecule has 0 aromatic heterocycles. The molecular formula is C38H45NO12. The smallest absolute Gasteiger partial charge is 0.342 e. The van der Waals surface area contributed by atoms with E-state index in [2.05, 4.69) is 5.32 Å². The average molecular weight is 708 g/mol. The molecule has 274 valence electrons. The molecule has 0 spiro atoms. The molecule has 0 radical (unpaired) electrons. The molecule has 1 unspecified atom stereocenters. The molecule has 13 nitrogen and oxygen atoms in total. The number of amides is 1. The number of methoxy groups -OCH3 is 3. The summed E-state index contributed by atoms with van der Waals surface area (Å²) in [5, 5.41) is 56.2. The van der Waals surface area contributed by atoms with E-state index in [9.17, 15) is 39.9 Å². The fourth-order valence-corrected chi connectivity index (χ4v) is 6.04. The number of aromatic hydroxyl groups is 4. The van der Waals surface area contributed by atoms with Crippen molar-refractivity contribution in [2.45, 2.75) is 70.0 Å². The van der Waals surface area contributed by atoms with Crippen molar-refractivity contribution in [3.8, 4) is 40.2 Å². The highest BCUT2D eigenvalue weighted by molar-refractivity contribution is 5.98. The number of phenolic OH excluding ortho intramolecular Hbond substituents is 4. The predicted octanol–water partition coefficient (Wildman–Crippen LogP) is 5.39. The highest BCUT2D eigenvalue weighted by Gasteiger charge is 2.32. The maximum Gasteiger partial charge on any atom is 0.342 e. The quantitative estimate of drug-likeness (QED) is 0.116. The summed E-state index contributed by atoms with van der Waals surface area (Å²) in [6.45, 7) is 1.41. The van der Waals surface area contributed by atoms with Gasteiger partial charge in [0.05, 0.1) is 33.5 Å². The van der Waals surface area contributed by atoms with Crippen LogP contribution in [0.15, 0.2) is 42.5 Å². The number of hydrogen-bond donors (Lipinski definition) is 6. The zero-order valence-corrected chi connectivity index (χ0v) is 29.1. The lowest BCUT2D eigenvalue weighted by atomic mass is 9.84. The number of phenols is 4. The molecule has 0 fully saturated rings. The number of Topliss-reactive ketones (excluding diaryl/α,β-unsaturated/α-hetero) is 1. The normalized spacial score (nSPS) is 16.6. The van der Waals surface area contributed by atoms with Gasteiger partial charge in [-0.25, -0.2) is 4.79 Å². The minimum atomic E-state index is -1.25. The summed E-state index contributed by atoms with van der Waals surface area (Å²) in [4.78, 5) is 39.5. The summed E-state index contributed by atoms with van der Waals surface area (Å²) >= 11 is 0. The van der Waals surface area contributed by atoms with Crippen molar-refractivity contribution in [1.29, 1.82) is 0 Å². The van der Waals surface area contributed by atoms with Crippen LogP contribution in [-0.4, -0.2) is 77.2 Å². The number of allylic oxidation sites excluding steroid dienone is 1. The second kappa shape index (κ2) is 17.5. The number of ether oxygens (including phenoxy) is 4. The van der Waals surface area contributed by atoms with Crippen LogP contribution in [0.3, 0.4) is 0 Å². The van der Waals surface area contributed by atoms with Gasteiger partial charge in [-0.2, -0.15) is 0 Å². The summed E-state index contributed by atoms with van der Waals surface area (Å²) in [6, 6.07) is 8.20. The van der Waals surface area contributed by atoms with Crippen LogP contribution >= 0.6 is 0 Å². The van der Waals surface area contributed by atoms with Gasteiger partial charge in [-0.3, -0.25) is 9.59 Å². The first-order valence-corrected chi connectivity index (χ1v) is 16.6. The number of aliphatic hydroxyl groups is 1. The van der Waals surface area contributed by atoms with E-state index in [-0.39, 0.29) is 57.6 Å². The highest BCUT2D eigenvalue weighted by Crippen LogP contribution is 2.47. The Balaban J connectivity index is 1.80. The van der Waals surface area contributed by atoms with Crippen molar-refractivity contribution in [2.24, 2.45) is 0 Å². The average Bonchev–Trinajstić information content (AvgIpc) is 3.09. The number of carbonyl (C=O) groups excluding carboxylic acids is 3. The number of hydrogen-bond acceptors (Lipinski definition) is 12. The van der Waals surface area contributed by atoms with Crippen molar-refractivity contribution in [3.63, 3.8) is 0 Å². The largest absolute Gasteiger partial charge is 0.507 e. The van der Waals surface area contributed by atoms with Crippen molar-refractivity contribution < 1.29 is 58.9 Å². The number of fused-ring (bicyclic) bond motifs is 1. The monoisotopic (exact) mass is 707 g/mol. The first-order valence-electron chi connectivity index (χ1n) is 16.6. The minimum Gasteiger partial charge on any atom is -0.507 e. The molecule has 13 heteroatoms. The number of nitrogens with one attached hydrogen (secondary N) is 1. The number of carbonyl (C=O) groups is 3. The van der Waals surface area contributed by atoms with Gasteiger partial charge < -0.3 is 49.8 Å². The second-order valence-electron chi connectivity index (χ2n) is 12.3. The van der Waals surface area contributed by atoms with Crippen LogP contribution in [-0.2, 0) is 14.3 Å². The molecule has 4 rings (SSSR count). The summed E-state index contributed by atoms with van der Waals surface area (Å²) in [7, 11) is 4.24. The molecular weight excluding hydrogens is 662 g/mol. The summed E-state index contributed by atoms with van der Waals surface area (Å²) in [5.74, 6) is -3.55. The molecule has 0 aliphatic carbocycles. The molecule has 3 aromatic rings. The molecule has 1 amide bonds. The van der Waals surface area contributed by atoms with Crippen molar-refractivity contribution >= 4 is 23.7 Å². The topological polar surface area (TPSA) is 201 Å². The van der Waals surface area contributed by atoms with Gasteiger partial charge in [0, 0.05) is 37.3 Å². The molecule has 3 aromatic carbocycles. The molecule has 0 saturated heterocycles. The maximum absolute atomic E-state index is 13.7. The Morgan fingerprint density at radius 2 is 1.59 bits per heavy atom. The first kappa shape index (κ1) is 38.4. The molecule has 1 aliphatic rings. The number of ketones is 1. The van der Waals surface area contributed by atoms with E-state index in [1.807, 2.05) is 0 Å². The standard InChI is InChI=1S/C38H45NO12/c1-21-9-8-12-25(40)11-7-5-6-10-23-16-29(43)35(36(46)34(23)38(47)51-21)26(24-17-31(48-2)37(50-4)32(18-24)49-3)19-33(45)39-20-30(44)22-13-14-27(41)28(42)15-22/h6,10,13-18,21,26,30,41-44,46H,5,7-9,11-12,19-20H2,1-4H3,(H,39,45)/t21-,26?,30-/m0/s1. The number of esters is 1. The summed E-state index contributed by atoms with van der Waals surface area (Å²) in [5.41, 5.74) is 0.409. The Labute approximate surface area is 296 Å². The Morgan fingerprint density at radius 1 is 0.902 bits per heavy atom. The lowest BCUT2D eigenvalue weighted by molar-refractivity contribution is -0.122. The van der Waals surface area contributed by atoms with E-state index in [1.165, 1.54) is 45.6 Å². The van der Waals surface area contributed by atoms with Gasteiger partial charge in [-0.15, -0.1) is 0 Å². The van der Waals surface area contributed by atoms with Crippen LogP contribution in [0.25, 0.3) is 6.08 Å². The first-order chi connectivity index (χ1) is 24.4. The van der Waals surface area contributed by atoms with E-state index < -0.39 is 53.7 Å². The molecule has 51 heavy (non-hydrogen) atoms. The molecule has 1 heterocycles. The number of cyclic esters (lactones) is 1. The van der Waals surface area contributed by atoms with Crippen LogP contribution < -0.4 is 19.5 Å². The molecule has 0 bridgehead atoms. The van der Waals surface area contributed by atoms with Crippen molar-refractivity contribution in [2.75, 3.05) is 27.9 Å². The van der Waals surface area contributed by atoms with Gasteiger partial charge in [0.15, 0.2) is 23.0 Å². The lowest BCUT2D eigenvalue weighted by Crippen LogP contribution is -2.30. The molecule has 1 aliphatic heterocycles. The van der Waals surface area contributed by atoms with Crippen molar-refractivity contribution in [3.05, 3.63) is 70.3 Å². The van der Waals surface area contributed by atoms with E-state index in [0.717, 1.165) is 0 Å². The Hall–Kier alpha value is -5.43. The number of aliphatic hydroxyl groups excluding tert-OH is 1. The van der Waals surface area contributed by atoms with Crippen LogP contribution in [0.2, 0.25) is 0 Å². The zero-order chi connectivity index (χ0) is 37.2. The van der Waals surface area contributed by atoms with Crippen LogP contribution in [0.4, 0.5) is 0 Å². The lowest BCUT2D eigenvalue weighted by Gasteiger charge is -2.24. The summed E-state index contributed by atoms with van der Waals surface area (Å²) in [6.07, 6.45) is 3.94. The van der Waals surface area contributed by atoms with Crippen LogP contribution in [0.5, 0.6) is 40.2 Å². The third-order valence-corrected chi connectivity index (χ3v) is 8.76. The van der Waals surface area contributed by atoms with E-state index in [0.29, 0.717) is 44.1 Å². The fraction of sp³-hybridized carbons (Fsp3) is 0.395. The predicted molar refractivity (Wildman–Crippen MR) is 187 cm³/mol. The maximum atomic E-state index is 13.7. The fourth-order valence-electron chi connectivity index (χ4n) is 6.04. The van der Waals surface area contributed by atoms with Gasteiger partial charge in [-0.05, 0) is 79.6 Å². The number of benzene rings is 3.